The molecule has 4 aromatic rings. The van der Waals surface area contributed by atoms with E-state index in [-0.39, 0.29) is 89.6 Å². The number of ether oxygens (including phenoxy) is 6. The number of rotatable bonds is 20. The molecule has 4 aromatic carbocycles. The predicted molar refractivity (Wildman–Crippen MR) is 298 cm³/mol. The fraction of sp³-hybridized carbons (Fsp3) is 0.345. The van der Waals surface area contributed by atoms with Gasteiger partial charge in [-0.3, -0.25) is 29.8 Å². The van der Waals surface area contributed by atoms with Crippen molar-refractivity contribution in [2.75, 3.05) is 43.7 Å². The molecule has 2 aliphatic rings. The van der Waals surface area contributed by atoms with E-state index in [4.69, 9.17) is 33.5 Å². The number of nitro groups is 2. The zero-order chi connectivity index (χ0) is 60.1. The van der Waals surface area contributed by atoms with E-state index in [0.29, 0.717) is 45.7 Å². The quantitative estimate of drug-likeness (QED) is 0.0181. The van der Waals surface area contributed by atoms with Crippen molar-refractivity contribution in [2.24, 2.45) is 0 Å². The molecule has 6 rings (SSSR count). The Morgan fingerprint density at radius 1 is 0.519 bits per heavy atom. The first-order chi connectivity index (χ1) is 38.4. The highest BCUT2D eigenvalue weighted by molar-refractivity contribution is 6.01. The van der Waals surface area contributed by atoms with E-state index >= 15 is 0 Å². The number of carbonyl (C=O) groups excluding carboxylic acids is 6. The molecule has 2 amide bonds. The monoisotopic (exact) mass is 1120 g/mol. The minimum Gasteiger partial charge on any atom is -0.490 e. The van der Waals surface area contributed by atoms with Crippen molar-refractivity contribution in [2.45, 2.75) is 100 Å². The van der Waals surface area contributed by atoms with Gasteiger partial charge in [-0.05, 0) is 111 Å². The largest absolute Gasteiger partial charge is 0.490 e. The van der Waals surface area contributed by atoms with Crippen molar-refractivity contribution in [3.8, 4) is 11.5 Å². The number of hydrogen-bond acceptors (Lipinski definition) is 19. The summed E-state index contributed by atoms with van der Waals surface area (Å²) < 4.78 is 33.1. The minimum absolute atomic E-state index is 0.0260. The Balaban J connectivity index is 0.000000332. The molecule has 432 valence electrons. The van der Waals surface area contributed by atoms with Gasteiger partial charge in [-0.1, -0.05) is 36.4 Å². The molecule has 2 heterocycles. The number of allylic oxidation sites excluding steroid dienone is 4. The van der Waals surface area contributed by atoms with Crippen LogP contribution in [0, 0.1) is 20.2 Å². The van der Waals surface area contributed by atoms with Gasteiger partial charge in [0, 0.05) is 77.9 Å². The Kier molecular flexibility index (Phi) is 24.3. The zero-order valence-electron chi connectivity index (χ0n) is 47.0. The zero-order valence-corrected chi connectivity index (χ0v) is 47.0. The maximum Gasteiger partial charge on any atom is 0.337 e. The normalized spacial score (nSPS) is 14.6. The molecule has 0 saturated heterocycles. The number of nitrogens with zero attached hydrogens (tertiary/aromatic N) is 2. The summed E-state index contributed by atoms with van der Waals surface area (Å²) in [5.41, 5.74) is 3.02. The van der Waals surface area contributed by atoms with E-state index in [0.717, 1.165) is 0 Å². The van der Waals surface area contributed by atoms with Crippen LogP contribution in [-0.4, -0.2) is 95.9 Å². The van der Waals surface area contributed by atoms with E-state index in [9.17, 15) is 49.0 Å². The average molecular weight is 1120 g/mol. The van der Waals surface area contributed by atoms with Crippen LogP contribution < -0.4 is 30.7 Å². The number of amides is 2. The summed E-state index contributed by atoms with van der Waals surface area (Å²) in [7, 11) is 0. The van der Waals surface area contributed by atoms with Crippen molar-refractivity contribution in [1.29, 1.82) is 0 Å². The van der Waals surface area contributed by atoms with Gasteiger partial charge in [-0.15, -0.1) is 0 Å². The Hall–Kier alpha value is -9.38. The average Bonchev–Trinajstić information content (AvgIpc) is 3.38. The first-order valence-corrected chi connectivity index (χ1v) is 25.6. The fourth-order valence-corrected chi connectivity index (χ4v) is 8.46. The lowest BCUT2D eigenvalue weighted by Gasteiger charge is -2.30. The van der Waals surface area contributed by atoms with Gasteiger partial charge in [-0.2, -0.15) is 0 Å². The van der Waals surface area contributed by atoms with Gasteiger partial charge in [-0.25, -0.2) is 19.2 Å². The molecule has 23 heteroatoms. The third-order valence-electron chi connectivity index (χ3n) is 11.5. The number of esters is 4. The number of dihydropyridines is 2. The molecule has 2 aliphatic heterocycles. The summed E-state index contributed by atoms with van der Waals surface area (Å²) in [5, 5.41) is 42.7. The summed E-state index contributed by atoms with van der Waals surface area (Å²) in [6.07, 6.45) is -0.896. The number of aliphatic hydroxyl groups is 1. The van der Waals surface area contributed by atoms with Crippen LogP contribution in [0.25, 0.3) is 0 Å². The lowest BCUT2D eigenvalue weighted by molar-refractivity contribution is -0.385. The number of carbonyl (C=O) groups is 6. The first kappa shape index (κ1) is 64.1. The standard InChI is InChI=1S/2C28H31N3O8.C2H6O/c2*1-16(2)39-28(34)25-18(4)29-17(3)24(26(25)22-8-6-7-9-23(22)31(35)36)27(33)38-15-14-37-21-12-10-20(11-13-21)30-19(5)32;1-2-3/h2*6-13,16,26,29H,14-15H2,1-5H3,(H,30,32);3H,2H2,1H3. The van der Waals surface area contributed by atoms with E-state index in [2.05, 4.69) is 21.3 Å². The Labute approximate surface area is 468 Å². The first-order valence-electron chi connectivity index (χ1n) is 25.6. The fourth-order valence-electron chi connectivity index (χ4n) is 8.46. The van der Waals surface area contributed by atoms with Gasteiger partial charge >= 0.3 is 23.9 Å². The molecule has 0 spiro atoms. The van der Waals surface area contributed by atoms with Gasteiger partial charge in [0.1, 0.15) is 37.9 Å². The third-order valence-corrected chi connectivity index (χ3v) is 11.5. The van der Waals surface area contributed by atoms with Crippen LogP contribution in [0.3, 0.4) is 0 Å². The van der Waals surface area contributed by atoms with Crippen molar-refractivity contribution in [3.63, 3.8) is 0 Å². The molecule has 5 N–H and O–H groups in total. The van der Waals surface area contributed by atoms with Crippen LogP contribution in [0.2, 0.25) is 0 Å². The molecule has 0 bridgehead atoms. The van der Waals surface area contributed by atoms with E-state index in [1.165, 1.54) is 50.2 Å². The van der Waals surface area contributed by atoms with Crippen molar-refractivity contribution in [3.05, 3.63) is 173 Å². The van der Waals surface area contributed by atoms with Gasteiger partial charge in [0.15, 0.2) is 0 Å². The third kappa shape index (κ3) is 18.3. The van der Waals surface area contributed by atoms with E-state index in [1.54, 1.807) is 123 Å². The van der Waals surface area contributed by atoms with E-state index < -0.39 is 57.8 Å². The van der Waals surface area contributed by atoms with Gasteiger partial charge in [0.25, 0.3) is 11.4 Å². The van der Waals surface area contributed by atoms with Crippen LogP contribution in [0.1, 0.15) is 99.1 Å². The maximum atomic E-state index is 13.4. The van der Waals surface area contributed by atoms with Crippen molar-refractivity contribution in [1.82, 2.24) is 10.6 Å². The highest BCUT2D eigenvalue weighted by atomic mass is 16.6. The number of nitrogens with one attached hydrogen (secondary N) is 4. The number of hydrogen-bond donors (Lipinski definition) is 5. The SMILES string of the molecule is CC(=O)Nc1ccc(OCCOC(=O)C2=C(C)NC(C)=C(C(=O)OC(C)C)C2c2ccccc2[N+](=O)[O-])cc1.CC(=O)Nc1ccc(OCCOC(=O)C2=C(C)NC(C)=C(C(=O)OC(C)C)C2c2ccccc2[N+](=O)[O-])cc1.CCO. The Morgan fingerprint density at radius 3 is 1.10 bits per heavy atom. The number of para-hydroxylation sites is 2. The summed E-state index contributed by atoms with van der Waals surface area (Å²) >= 11 is 0. The smallest absolute Gasteiger partial charge is 0.337 e. The van der Waals surface area contributed by atoms with E-state index in [1.807, 2.05) is 0 Å². The summed E-state index contributed by atoms with van der Waals surface area (Å²) in [4.78, 5) is 98.0. The predicted octanol–water partition coefficient (Wildman–Crippen LogP) is 8.72. The lowest BCUT2D eigenvalue weighted by Crippen LogP contribution is -2.33. The summed E-state index contributed by atoms with van der Waals surface area (Å²) in [6, 6.07) is 25.3. The maximum absolute atomic E-state index is 13.4. The second kappa shape index (κ2) is 30.7. The number of aliphatic hydroxyl groups excluding tert-OH is 1. The highest BCUT2D eigenvalue weighted by Gasteiger charge is 2.43. The molecule has 2 atom stereocenters. The number of anilines is 2. The molecule has 0 aromatic heterocycles. The second-order valence-electron chi connectivity index (χ2n) is 18.5. The van der Waals surface area contributed by atoms with Crippen LogP contribution in [0.4, 0.5) is 22.7 Å². The molecular formula is C58H68N6O17. The molecule has 81 heavy (non-hydrogen) atoms. The molecule has 0 aliphatic carbocycles. The Bertz CT molecular complexity index is 2880. The van der Waals surface area contributed by atoms with Gasteiger partial charge in [0.2, 0.25) is 11.8 Å². The van der Waals surface area contributed by atoms with Crippen LogP contribution in [0.5, 0.6) is 11.5 Å². The highest BCUT2D eigenvalue weighted by Crippen LogP contribution is 2.44. The number of benzene rings is 4. The van der Waals surface area contributed by atoms with Crippen molar-refractivity contribution >= 4 is 58.4 Å². The molecule has 0 radical (unpaired) electrons. The molecule has 2 unspecified atom stereocenters. The lowest BCUT2D eigenvalue weighted by atomic mass is 9.79. The van der Waals surface area contributed by atoms with Crippen LogP contribution >= 0.6 is 0 Å². The molecular weight excluding hydrogens is 1050 g/mol. The molecule has 0 fully saturated rings. The van der Waals surface area contributed by atoms with Gasteiger partial charge < -0.3 is 54.8 Å². The number of nitro benzene ring substituents is 2. The topological polar surface area (TPSA) is 312 Å². The van der Waals surface area contributed by atoms with Crippen LogP contribution in [0.15, 0.2) is 142 Å². The Morgan fingerprint density at radius 2 is 0.815 bits per heavy atom. The molecule has 23 nitrogen and oxygen atoms in total. The summed E-state index contributed by atoms with van der Waals surface area (Å²) in [6.45, 7) is 17.9. The van der Waals surface area contributed by atoms with Crippen molar-refractivity contribution < 1.29 is 72.1 Å². The minimum atomic E-state index is -1.09. The molecule has 0 saturated carbocycles. The van der Waals surface area contributed by atoms with Crippen LogP contribution in [-0.2, 0) is 47.7 Å². The van der Waals surface area contributed by atoms with Gasteiger partial charge in [0.05, 0.1) is 56.2 Å². The summed E-state index contributed by atoms with van der Waals surface area (Å²) in [5.74, 6) is -4.45. The second-order valence-corrected chi connectivity index (χ2v) is 18.5.